The Morgan fingerprint density at radius 3 is 2.65 bits per heavy atom. The number of carbonyl (C=O) groups is 1. The van der Waals surface area contributed by atoms with Crippen molar-refractivity contribution >= 4 is 17.0 Å². The molecule has 0 bridgehead atoms. The molecule has 0 saturated carbocycles. The van der Waals surface area contributed by atoms with Crippen LogP contribution in [-0.4, -0.2) is 19.6 Å². The van der Waals surface area contributed by atoms with Gasteiger partial charge in [-0.3, -0.25) is 28.6 Å². The fourth-order valence-electron chi connectivity index (χ4n) is 4.74. The lowest BCUT2D eigenvalue weighted by molar-refractivity contribution is -0.138. The molecule has 2 heterocycles. The standard InChI is InChI=1S/C24H16F3N5O5/c1-30-18-7-5-12(9-19(18)37-23(30)36)31-10-15(20(33)29-11-28)21(34)32(22(31)35)17-8-6-13-14(17)3-2-4-16(13)24(25,26)27/h2-5,7,9-10,17H,6,8H2,1H3,(H,29,33)/t17-/m1/s1. The Morgan fingerprint density at radius 2 is 1.95 bits per heavy atom. The van der Waals surface area contributed by atoms with Crippen molar-refractivity contribution in [2.45, 2.75) is 25.1 Å². The first-order chi connectivity index (χ1) is 17.5. The zero-order chi connectivity index (χ0) is 26.6. The third kappa shape index (κ3) is 3.74. The van der Waals surface area contributed by atoms with Crippen molar-refractivity contribution in [3.63, 3.8) is 0 Å². The number of amides is 1. The van der Waals surface area contributed by atoms with Gasteiger partial charge in [-0.1, -0.05) is 12.1 Å². The maximum Gasteiger partial charge on any atom is 0.419 e. The van der Waals surface area contributed by atoms with Crippen LogP contribution in [0.1, 0.15) is 39.5 Å². The minimum absolute atomic E-state index is 0.00743. The summed E-state index contributed by atoms with van der Waals surface area (Å²) in [6.07, 6.45) is -2.31. The van der Waals surface area contributed by atoms with Gasteiger partial charge in [0.2, 0.25) is 0 Å². The molecule has 37 heavy (non-hydrogen) atoms. The maximum atomic E-state index is 13.6. The monoisotopic (exact) mass is 511 g/mol. The molecule has 1 N–H and O–H groups in total. The number of oxazole rings is 1. The number of nitrogens with one attached hydrogen (secondary N) is 1. The Labute approximate surface area is 204 Å². The summed E-state index contributed by atoms with van der Waals surface area (Å²) < 4.78 is 48.8. The van der Waals surface area contributed by atoms with Crippen LogP contribution in [0.5, 0.6) is 0 Å². The zero-order valence-electron chi connectivity index (χ0n) is 19.0. The van der Waals surface area contributed by atoms with Gasteiger partial charge in [0.1, 0.15) is 5.56 Å². The van der Waals surface area contributed by atoms with Gasteiger partial charge in [-0.25, -0.2) is 9.59 Å². The minimum atomic E-state index is -4.63. The van der Waals surface area contributed by atoms with Crippen molar-refractivity contribution in [3.8, 4) is 11.9 Å². The molecular weight excluding hydrogens is 495 g/mol. The van der Waals surface area contributed by atoms with Crippen LogP contribution in [0, 0.1) is 11.5 Å². The lowest BCUT2D eigenvalue weighted by atomic mass is 10.0. The van der Waals surface area contributed by atoms with E-state index in [1.807, 2.05) is 5.32 Å². The van der Waals surface area contributed by atoms with Crippen LogP contribution in [0.15, 0.2) is 61.4 Å². The molecule has 1 aliphatic carbocycles. The van der Waals surface area contributed by atoms with Gasteiger partial charge in [0.15, 0.2) is 11.8 Å². The highest BCUT2D eigenvalue weighted by Crippen LogP contribution is 2.41. The summed E-state index contributed by atoms with van der Waals surface area (Å²) in [7, 11) is 1.48. The second kappa shape index (κ2) is 8.37. The van der Waals surface area contributed by atoms with E-state index in [0.29, 0.717) is 5.52 Å². The molecule has 1 atom stereocenters. The largest absolute Gasteiger partial charge is 0.419 e. The number of nitrogens with zero attached hydrogens (tertiary/aromatic N) is 4. The number of fused-ring (bicyclic) bond motifs is 2. The quantitative estimate of drug-likeness (QED) is 0.331. The molecule has 1 amide bonds. The first-order valence-electron chi connectivity index (χ1n) is 10.9. The third-order valence-electron chi connectivity index (χ3n) is 6.44. The van der Waals surface area contributed by atoms with E-state index in [4.69, 9.17) is 9.68 Å². The molecule has 4 aromatic rings. The van der Waals surface area contributed by atoms with Gasteiger partial charge in [0.05, 0.1) is 22.8 Å². The number of rotatable bonds is 3. The predicted octanol–water partition coefficient (Wildman–Crippen LogP) is 2.21. The number of nitriles is 1. The summed E-state index contributed by atoms with van der Waals surface area (Å²) in [5.41, 5.74) is -2.64. The normalized spacial score (nSPS) is 14.9. The Morgan fingerprint density at radius 1 is 1.19 bits per heavy atom. The Kier molecular flexibility index (Phi) is 5.40. The van der Waals surface area contributed by atoms with Crippen molar-refractivity contribution in [1.29, 1.82) is 5.26 Å². The van der Waals surface area contributed by atoms with E-state index in [-0.39, 0.29) is 35.2 Å². The topological polar surface area (TPSA) is 132 Å². The number of benzene rings is 2. The van der Waals surface area contributed by atoms with Crippen LogP contribution in [0.25, 0.3) is 16.8 Å². The number of aromatic nitrogens is 3. The van der Waals surface area contributed by atoms with E-state index in [2.05, 4.69) is 0 Å². The van der Waals surface area contributed by atoms with Gasteiger partial charge in [-0.2, -0.15) is 18.4 Å². The van der Waals surface area contributed by atoms with Gasteiger partial charge in [-0.15, -0.1) is 0 Å². The number of hydrogen-bond donors (Lipinski definition) is 1. The molecule has 0 unspecified atom stereocenters. The van der Waals surface area contributed by atoms with E-state index in [1.54, 1.807) is 0 Å². The molecule has 5 rings (SSSR count). The Balaban J connectivity index is 1.77. The van der Waals surface area contributed by atoms with Crippen molar-refractivity contribution in [3.05, 3.63) is 96.2 Å². The van der Waals surface area contributed by atoms with Crippen molar-refractivity contribution in [2.75, 3.05) is 0 Å². The highest BCUT2D eigenvalue weighted by atomic mass is 19.4. The second-order valence-corrected chi connectivity index (χ2v) is 8.44. The van der Waals surface area contributed by atoms with Crippen molar-refractivity contribution in [1.82, 2.24) is 19.0 Å². The van der Waals surface area contributed by atoms with E-state index in [1.165, 1.54) is 48.1 Å². The number of hydrogen-bond acceptors (Lipinski definition) is 6. The van der Waals surface area contributed by atoms with Crippen LogP contribution in [0.4, 0.5) is 13.2 Å². The van der Waals surface area contributed by atoms with Crippen LogP contribution < -0.4 is 22.3 Å². The lowest BCUT2D eigenvalue weighted by Crippen LogP contribution is -2.45. The summed E-state index contributed by atoms with van der Waals surface area (Å²) in [5.74, 6) is -1.74. The van der Waals surface area contributed by atoms with Gasteiger partial charge in [-0.05, 0) is 42.2 Å². The molecule has 2 aromatic carbocycles. The highest BCUT2D eigenvalue weighted by Gasteiger charge is 2.38. The van der Waals surface area contributed by atoms with Crippen LogP contribution >= 0.6 is 0 Å². The fourth-order valence-corrected chi connectivity index (χ4v) is 4.74. The molecule has 0 spiro atoms. The second-order valence-electron chi connectivity index (χ2n) is 8.44. The molecule has 10 nitrogen and oxygen atoms in total. The van der Waals surface area contributed by atoms with Crippen LogP contribution in [0.2, 0.25) is 0 Å². The number of alkyl halides is 3. The Hall–Kier alpha value is -4.86. The average Bonchev–Trinajstić information content (AvgIpc) is 3.39. The summed E-state index contributed by atoms with van der Waals surface area (Å²) in [4.78, 5) is 51.4. The zero-order valence-corrected chi connectivity index (χ0v) is 19.0. The van der Waals surface area contributed by atoms with Crippen LogP contribution in [-0.2, 0) is 19.6 Å². The molecule has 1 aliphatic rings. The number of aryl methyl sites for hydroxylation is 1. The molecule has 0 aliphatic heterocycles. The number of halogens is 3. The third-order valence-corrected chi connectivity index (χ3v) is 6.44. The number of carbonyl (C=O) groups excluding carboxylic acids is 1. The van der Waals surface area contributed by atoms with Gasteiger partial charge >= 0.3 is 17.6 Å². The summed E-state index contributed by atoms with van der Waals surface area (Å²) in [5, 5.41) is 10.7. The molecular formula is C24H16F3N5O5. The van der Waals surface area contributed by atoms with Crippen molar-refractivity contribution < 1.29 is 22.4 Å². The Bertz CT molecular complexity index is 1820. The van der Waals surface area contributed by atoms with Crippen LogP contribution in [0.3, 0.4) is 0 Å². The molecule has 0 saturated heterocycles. The minimum Gasteiger partial charge on any atom is -0.408 e. The van der Waals surface area contributed by atoms with Gasteiger partial charge in [0.25, 0.3) is 11.5 Å². The molecule has 13 heteroatoms. The molecule has 188 valence electrons. The lowest BCUT2D eigenvalue weighted by Gasteiger charge is -2.19. The first kappa shape index (κ1) is 23.9. The SMILES string of the molecule is Cn1c(=O)oc2cc(-n3cc(C(=O)NC#N)c(=O)n([C@@H]4CCc5c4cccc5C(F)(F)F)c3=O)ccc21. The summed E-state index contributed by atoms with van der Waals surface area (Å²) >= 11 is 0. The smallest absolute Gasteiger partial charge is 0.408 e. The molecule has 0 fully saturated rings. The average molecular weight is 511 g/mol. The van der Waals surface area contributed by atoms with Gasteiger partial charge < -0.3 is 4.42 Å². The van der Waals surface area contributed by atoms with E-state index in [9.17, 15) is 32.3 Å². The molecule has 0 radical (unpaired) electrons. The predicted molar refractivity (Wildman–Crippen MR) is 122 cm³/mol. The van der Waals surface area contributed by atoms with Crippen molar-refractivity contribution in [2.24, 2.45) is 7.05 Å². The van der Waals surface area contributed by atoms with E-state index < -0.39 is 46.3 Å². The summed E-state index contributed by atoms with van der Waals surface area (Å²) in [6, 6.07) is 6.74. The first-order valence-corrected chi connectivity index (χ1v) is 10.9. The van der Waals surface area contributed by atoms with E-state index >= 15 is 0 Å². The maximum absolute atomic E-state index is 13.6. The fraction of sp³-hybridized carbons (Fsp3) is 0.208. The summed E-state index contributed by atoms with van der Waals surface area (Å²) in [6.45, 7) is 0. The van der Waals surface area contributed by atoms with Gasteiger partial charge in [0, 0.05) is 19.3 Å². The molecule has 2 aromatic heterocycles. The van der Waals surface area contributed by atoms with E-state index in [0.717, 1.165) is 21.4 Å². The highest BCUT2D eigenvalue weighted by molar-refractivity contribution is 5.94.